The van der Waals surface area contributed by atoms with Crippen molar-refractivity contribution in [3.8, 4) is 18.1 Å². The van der Waals surface area contributed by atoms with Gasteiger partial charge in [-0.05, 0) is 12.1 Å². The van der Waals surface area contributed by atoms with Crippen molar-refractivity contribution in [1.29, 1.82) is 0 Å². The molecular weight excluding hydrogens is 224 g/mol. The SMILES string of the molecule is C#C[C@@](O)(c1ccccc1)c1ccc(OC)cc1. The van der Waals surface area contributed by atoms with Gasteiger partial charge in [-0.1, -0.05) is 48.4 Å². The van der Waals surface area contributed by atoms with Crippen LogP contribution in [-0.4, -0.2) is 12.2 Å². The van der Waals surface area contributed by atoms with Gasteiger partial charge in [0, 0.05) is 11.1 Å². The second kappa shape index (κ2) is 4.95. The zero-order valence-corrected chi connectivity index (χ0v) is 10.1. The summed E-state index contributed by atoms with van der Waals surface area (Å²) in [4.78, 5) is 0. The third-order valence-corrected chi connectivity index (χ3v) is 2.91. The molecule has 1 atom stereocenters. The normalized spacial score (nSPS) is 13.4. The van der Waals surface area contributed by atoms with Crippen molar-refractivity contribution in [2.24, 2.45) is 0 Å². The van der Waals surface area contributed by atoms with Crippen LogP contribution in [0.1, 0.15) is 11.1 Å². The highest BCUT2D eigenvalue weighted by molar-refractivity contribution is 5.44. The third-order valence-electron chi connectivity index (χ3n) is 2.91. The summed E-state index contributed by atoms with van der Waals surface area (Å²) in [6, 6.07) is 16.3. The Hall–Kier alpha value is -2.24. The molecule has 0 fully saturated rings. The number of hydrogen-bond donors (Lipinski definition) is 1. The van der Waals surface area contributed by atoms with E-state index in [9.17, 15) is 5.11 Å². The van der Waals surface area contributed by atoms with Gasteiger partial charge in [0.15, 0.2) is 5.60 Å². The lowest BCUT2D eigenvalue weighted by Gasteiger charge is -2.23. The van der Waals surface area contributed by atoms with Crippen LogP contribution in [0.4, 0.5) is 0 Å². The summed E-state index contributed by atoms with van der Waals surface area (Å²) in [6.07, 6.45) is 5.51. The molecule has 0 heterocycles. The van der Waals surface area contributed by atoms with Crippen LogP contribution >= 0.6 is 0 Å². The van der Waals surface area contributed by atoms with E-state index in [2.05, 4.69) is 5.92 Å². The lowest BCUT2D eigenvalue weighted by Crippen LogP contribution is -2.24. The van der Waals surface area contributed by atoms with Gasteiger partial charge >= 0.3 is 0 Å². The predicted molar refractivity (Wildman–Crippen MR) is 71.3 cm³/mol. The Morgan fingerprint density at radius 3 is 2.06 bits per heavy atom. The summed E-state index contributed by atoms with van der Waals surface area (Å²) < 4.78 is 5.09. The fourth-order valence-corrected chi connectivity index (χ4v) is 1.84. The summed E-state index contributed by atoms with van der Waals surface area (Å²) >= 11 is 0. The van der Waals surface area contributed by atoms with E-state index in [1.807, 2.05) is 30.3 Å². The summed E-state index contributed by atoms with van der Waals surface area (Å²) in [5.74, 6) is 3.19. The largest absolute Gasteiger partial charge is 0.497 e. The molecule has 1 N–H and O–H groups in total. The molecule has 2 heteroatoms. The number of rotatable bonds is 3. The third kappa shape index (κ3) is 2.09. The highest BCUT2D eigenvalue weighted by atomic mass is 16.5. The van der Waals surface area contributed by atoms with Crippen LogP contribution in [0.25, 0.3) is 0 Å². The molecule has 0 bridgehead atoms. The van der Waals surface area contributed by atoms with Crippen LogP contribution in [0, 0.1) is 12.3 Å². The predicted octanol–water partition coefficient (Wildman–Crippen LogP) is 2.56. The maximum atomic E-state index is 10.6. The van der Waals surface area contributed by atoms with Crippen LogP contribution in [0.2, 0.25) is 0 Å². The molecule has 18 heavy (non-hydrogen) atoms. The zero-order chi connectivity index (χ0) is 13.0. The number of hydrogen-bond acceptors (Lipinski definition) is 2. The number of terminal acetylenes is 1. The van der Waals surface area contributed by atoms with Gasteiger partial charge in [-0.2, -0.15) is 0 Å². The van der Waals surface area contributed by atoms with E-state index in [1.165, 1.54) is 0 Å². The standard InChI is InChI=1S/C16H14O2/c1-3-16(17,13-7-5-4-6-8-13)14-9-11-15(18-2)12-10-14/h1,4-12,17H,2H3/t16-/m1/s1. The van der Waals surface area contributed by atoms with Gasteiger partial charge in [-0.15, -0.1) is 6.42 Å². The summed E-state index contributed by atoms with van der Waals surface area (Å²) in [6.45, 7) is 0. The zero-order valence-electron chi connectivity index (χ0n) is 10.1. The van der Waals surface area contributed by atoms with Crippen molar-refractivity contribution in [3.05, 3.63) is 65.7 Å². The molecule has 0 saturated carbocycles. The smallest absolute Gasteiger partial charge is 0.176 e. The van der Waals surface area contributed by atoms with Crippen molar-refractivity contribution < 1.29 is 9.84 Å². The maximum absolute atomic E-state index is 10.6. The average molecular weight is 238 g/mol. The fourth-order valence-electron chi connectivity index (χ4n) is 1.84. The maximum Gasteiger partial charge on any atom is 0.176 e. The van der Waals surface area contributed by atoms with Gasteiger partial charge in [0.2, 0.25) is 0 Å². The molecule has 0 aliphatic rings. The van der Waals surface area contributed by atoms with E-state index in [0.29, 0.717) is 11.1 Å². The molecule has 2 aromatic rings. The van der Waals surface area contributed by atoms with Crippen LogP contribution in [0.15, 0.2) is 54.6 Å². The molecular formula is C16H14O2. The van der Waals surface area contributed by atoms with Gasteiger partial charge in [0.05, 0.1) is 7.11 Å². The molecule has 0 aliphatic carbocycles. The molecule has 0 aromatic heterocycles. The molecule has 2 rings (SSSR count). The van der Waals surface area contributed by atoms with Crippen molar-refractivity contribution in [2.45, 2.75) is 5.60 Å². The lowest BCUT2D eigenvalue weighted by atomic mass is 9.87. The van der Waals surface area contributed by atoms with Crippen molar-refractivity contribution in [3.63, 3.8) is 0 Å². The Bertz CT molecular complexity index is 552. The van der Waals surface area contributed by atoms with E-state index in [-0.39, 0.29) is 0 Å². The second-order valence-corrected chi connectivity index (χ2v) is 3.95. The van der Waals surface area contributed by atoms with Crippen LogP contribution in [0.5, 0.6) is 5.75 Å². The van der Waals surface area contributed by atoms with Gasteiger partial charge < -0.3 is 9.84 Å². The molecule has 0 spiro atoms. The molecule has 2 aromatic carbocycles. The first kappa shape index (κ1) is 12.2. The van der Waals surface area contributed by atoms with Gasteiger partial charge in [-0.25, -0.2) is 0 Å². The van der Waals surface area contributed by atoms with E-state index in [4.69, 9.17) is 11.2 Å². The molecule has 0 aliphatic heterocycles. The Morgan fingerprint density at radius 1 is 1.00 bits per heavy atom. The van der Waals surface area contributed by atoms with E-state index in [1.54, 1.807) is 31.4 Å². The first-order valence-electron chi connectivity index (χ1n) is 5.61. The second-order valence-electron chi connectivity index (χ2n) is 3.95. The summed E-state index contributed by atoms with van der Waals surface area (Å²) in [7, 11) is 1.60. The van der Waals surface area contributed by atoms with Gasteiger partial charge in [0.25, 0.3) is 0 Å². The molecule has 0 radical (unpaired) electrons. The summed E-state index contributed by atoms with van der Waals surface area (Å²) in [5, 5.41) is 10.6. The average Bonchev–Trinajstić information content (AvgIpc) is 2.47. The quantitative estimate of drug-likeness (QED) is 0.833. The van der Waals surface area contributed by atoms with E-state index in [0.717, 1.165) is 5.75 Å². The monoisotopic (exact) mass is 238 g/mol. The van der Waals surface area contributed by atoms with Crippen molar-refractivity contribution >= 4 is 0 Å². The fraction of sp³-hybridized carbons (Fsp3) is 0.125. The van der Waals surface area contributed by atoms with E-state index < -0.39 is 5.60 Å². The first-order valence-corrected chi connectivity index (χ1v) is 5.61. The minimum atomic E-state index is -1.41. The lowest BCUT2D eigenvalue weighted by molar-refractivity contribution is 0.145. The molecule has 2 nitrogen and oxygen atoms in total. The van der Waals surface area contributed by atoms with Crippen LogP contribution in [-0.2, 0) is 5.60 Å². The van der Waals surface area contributed by atoms with Gasteiger partial charge in [0.1, 0.15) is 5.75 Å². The molecule has 90 valence electrons. The Kier molecular flexibility index (Phi) is 3.36. The highest BCUT2D eigenvalue weighted by Gasteiger charge is 2.28. The molecule has 0 amide bonds. The minimum absolute atomic E-state index is 0.650. The molecule has 0 unspecified atom stereocenters. The highest BCUT2D eigenvalue weighted by Crippen LogP contribution is 2.29. The number of methoxy groups -OCH3 is 1. The Labute approximate surface area is 107 Å². The number of benzene rings is 2. The Morgan fingerprint density at radius 2 is 1.56 bits per heavy atom. The minimum Gasteiger partial charge on any atom is -0.497 e. The van der Waals surface area contributed by atoms with Gasteiger partial charge in [-0.3, -0.25) is 0 Å². The van der Waals surface area contributed by atoms with Crippen LogP contribution < -0.4 is 4.74 Å². The number of aliphatic hydroxyl groups is 1. The van der Waals surface area contributed by atoms with Crippen LogP contribution in [0.3, 0.4) is 0 Å². The Balaban J connectivity index is 2.47. The molecule has 0 saturated heterocycles. The number of ether oxygens (including phenoxy) is 1. The first-order chi connectivity index (χ1) is 8.70. The topological polar surface area (TPSA) is 29.5 Å². The summed E-state index contributed by atoms with van der Waals surface area (Å²) in [5.41, 5.74) is -0.0808. The van der Waals surface area contributed by atoms with Crippen molar-refractivity contribution in [2.75, 3.05) is 7.11 Å². The van der Waals surface area contributed by atoms with E-state index >= 15 is 0 Å². The van der Waals surface area contributed by atoms with Crippen molar-refractivity contribution in [1.82, 2.24) is 0 Å².